The first-order chi connectivity index (χ1) is 10.5. The maximum absolute atomic E-state index is 9.74. The Morgan fingerprint density at radius 2 is 1.18 bits per heavy atom. The molecule has 0 aromatic rings. The van der Waals surface area contributed by atoms with Gasteiger partial charge in [-0.3, -0.25) is 0 Å². The van der Waals surface area contributed by atoms with Gasteiger partial charge in [-0.15, -0.1) is 0 Å². The summed E-state index contributed by atoms with van der Waals surface area (Å²) in [7, 11) is 0. The second-order valence-corrected chi connectivity index (χ2v) is 6.77. The largest absolute Gasteiger partial charge is 0.395 e. The third-order valence-corrected chi connectivity index (χ3v) is 4.25. The van der Waals surface area contributed by atoms with Crippen molar-refractivity contribution in [1.82, 2.24) is 0 Å². The summed E-state index contributed by atoms with van der Waals surface area (Å²) in [5.74, 6) is -1.72. The number of nitrogens with two attached hydrogens (primary N) is 1. The second kappa shape index (κ2) is 14.4. The molecule has 0 fully saturated rings. The molecule has 22 heavy (non-hydrogen) atoms. The number of rotatable bonds is 16. The third kappa shape index (κ3) is 14.8. The van der Waals surface area contributed by atoms with Crippen molar-refractivity contribution < 1.29 is 15.3 Å². The van der Waals surface area contributed by atoms with Crippen LogP contribution in [0.3, 0.4) is 0 Å². The molecule has 1 unspecified atom stereocenters. The van der Waals surface area contributed by atoms with Crippen molar-refractivity contribution in [3.05, 3.63) is 0 Å². The summed E-state index contributed by atoms with van der Waals surface area (Å²) in [5, 5.41) is 28.3. The van der Waals surface area contributed by atoms with Gasteiger partial charge in [0.15, 0.2) is 5.79 Å². The van der Waals surface area contributed by atoms with Crippen LogP contribution in [0.5, 0.6) is 0 Å². The van der Waals surface area contributed by atoms with E-state index in [9.17, 15) is 10.2 Å². The summed E-state index contributed by atoms with van der Waals surface area (Å²) in [6, 6.07) is -0.549. The molecule has 0 heterocycles. The van der Waals surface area contributed by atoms with Crippen molar-refractivity contribution >= 4 is 0 Å². The van der Waals surface area contributed by atoms with E-state index in [-0.39, 0.29) is 13.0 Å². The summed E-state index contributed by atoms with van der Waals surface area (Å²) < 4.78 is 0. The molecule has 0 aromatic heterocycles. The molecule has 0 radical (unpaired) electrons. The quantitative estimate of drug-likeness (QED) is 0.259. The Kier molecular flexibility index (Phi) is 14.3. The molecule has 0 aromatic carbocycles. The van der Waals surface area contributed by atoms with Crippen LogP contribution in [0.1, 0.15) is 96.8 Å². The minimum atomic E-state index is -1.72. The molecule has 5 N–H and O–H groups in total. The van der Waals surface area contributed by atoms with Crippen LogP contribution in [-0.4, -0.2) is 33.8 Å². The highest BCUT2D eigenvalue weighted by atomic mass is 16.5. The molecular weight excluding hydrogens is 278 g/mol. The maximum Gasteiger partial charge on any atom is 0.164 e. The highest BCUT2D eigenvalue weighted by Gasteiger charge is 2.25. The highest BCUT2D eigenvalue weighted by molar-refractivity contribution is 4.72. The highest BCUT2D eigenvalue weighted by Crippen LogP contribution is 2.18. The fraction of sp³-hybridized carbons (Fsp3) is 1.00. The predicted molar refractivity (Wildman–Crippen MR) is 92.5 cm³/mol. The molecule has 0 aliphatic heterocycles. The van der Waals surface area contributed by atoms with Crippen molar-refractivity contribution in [3.8, 4) is 0 Å². The zero-order valence-electron chi connectivity index (χ0n) is 14.6. The fourth-order valence-corrected chi connectivity index (χ4v) is 2.84. The Morgan fingerprint density at radius 1 is 0.773 bits per heavy atom. The lowest BCUT2D eigenvalue weighted by molar-refractivity contribution is -0.175. The second-order valence-electron chi connectivity index (χ2n) is 6.77. The van der Waals surface area contributed by atoms with Crippen LogP contribution in [0.15, 0.2) is 0 Å². The van der Waals surface area contributed by atoms with Gasteiger partial charge >= 0.3 is 0 Å². The van der Waals surface area contributed by atoms with Crippen LogP contribution in [0.2, 0.25) is 0 Å². The van der Waals surface area contributed by atoms with Gasteiger partial charge in [0.05, 0.1) is 6.61 Å². The standard InChI is InChI=1S/C18H39NO3/c1-2-3-4-5-6-7-8-9-10-11-12-13-14-18(21,22)15-17(19)16-20/h17,20-22H,2-16,19H2,1H3. The van der Waals surface area contributed by atoms with Gasteiger partial charge in [-0.05, 0) is 6.42 Å². The molecule has 0 spiro atoms. The first-order valence-corrected chi connectivity index (χ1v) is 9.33. The van der Waals surface area contributed by atoms with Gasteiger partial charge in [0, 0.05) is 18.9 Å². The monoisotopic (exact) mass is 317 g/mol. The number of aliphatic hydroxyl groups is 3. The van der Waals surface area contributed by atoms with E-state index < -0.39 is 11.8 Å². The van der Waals surface area contributed by atoms with Crippen LogP contribution < -0.4 is 5.73 Å². The lowest BCUT2D eigenvalue weighted by Crippen LogP contribution is -2.38. The molecule has 4 nitrogen and oxygen atoms in total. The lowest BCUT2D eigenvalue weighted by atomic mass is 9.99. The van der Waals surface area contributed by atoms with Gasteiger partial charge in [-0.25, -0.2) is 0 Å². The van der Waals surface area contributed by atoms with Crippen molar-refractivity contribution in [3.63, 3.8) is 0 Å². The molecular formula is C18H39NO3. The Labute approximate surface area is 137 Å². The SMILES string of the molecule is CCCCCCCCCCCCCCC(O)(O)CC(N)CO. The Morgan fingerprint density at radius 3 is 1.59 bits per heavy atom. The molecule has 0 aliphatic rings. The molecule has 0 bridgehead atoms. The fourth-order valence-electron chi connectivity index (χ4n) is 2.84. The van der Waals surface area contributed by atoms with Crippen molar-refractivity contribution in [2.75, 3.05) is 6.61 Å². The molecule has 1 atom stereocenters. The summed E-state index contributed by atoms with van der Waals surface area (Å²) in [6.45, 7) is 2.04. The molecule has 134 valence electrons. The molecule has 0 saturated heterocycles. The topological polar surface area (TPSA) is 86.7 Å². The third-order valence-electron chi connectivity index (χ3n) is 4.25. The van der Waals surface area contributed by atoms with Crippen molar-refractivity contribution in [1.29, 1.82) is 0 Å². The van der Waals surface area contributed by atoms with Gasteiger partial charge < -0.3 is 21.1 Å². The number of hydrogen-bond acceptors (Lipinski definition) is 4. The average Bonchev–Trinajstić information content (AvgIpc) is 2.47. The Bertz CT molecular complexity index is 234. The first kappa shape index (κ1) is 21.8. The zero-order chi connectivity index (χ0) is 16.7. The van der Waals surface area contributed by atoms with E-state index in [1.165, 1.54) is 57.8 Å². The summed E-state index contributed by atoms with van der Waals surface area (Å²) in [4.78, 5) is 0. The smallest absolute Gasteiger partial charge is 0.164 e. The van der Waals surface area contributed by atoms with Crippen molar-refractivity contribution in [2.45, 2.75) is 109 Å². The van der Waals surface area contributed by atoms with Gasteiger partial charge in [-0.2, -0.15) is 0 Å². The van der Waals surface area contributed by atoms with Gasteiger partial charge in [0.1, 0.15) is 0 Å². The predicted octanol–water partition coefficient (Wildman–Crippen LogP) is 3.47. The van der Waals surface area contributed by atoms with Gasteiger partial charge in [0.2, 0.25) is 0 Å². The molecule has 4 heteroatoms. The van der Waals surface area contributed by atoms with Crippen LogP contribution in [0.4, 0.5) is 0 Å². The Balaban J connectivity index is 3.29. The number of unbranched alkanes of at least 4 members (excludes halogenated alkanes) is 11. The van der Waals surface area contributed by atoms with Gasteiger partial charge in [0.25, 0.3) is 0 Å². The minimum absolute atomic E-state index is 0.0432. The lowest BCUT2D eigenvalue weighted by Gasteiger charge is -2.24. The van der Waals surface area contributed by atoms with Crippen LogP contribution in [-0.2, 0) is 0 Å². The first-order valence-electron chi connectivity index (χ1n) is 9.33. The average molecular weight is 318 g/mol. The maximum atomic E-state index is 9.74. The van der Waals surface area contributed by atoms with E-state index in [4.69, 9.17) is 10.8 Å². The van der Waals surface area contributed by atoms with E-state index in [1.807, 2.05) is 0 Å². The summed E-state index contributed by atoms with van der Waals surface area (Å²) >= 11 is 0. The zero-order valence-corrected chi connectivity index (χ0v) is 14.6. The van der Waals surface area contributed by atoms with E-state index >= 15 is 0 Å². The molecule has 0 saturated carbocycles. The number of aliphatic hydroxyl groups excluding tert-OH is 1. The van der Waals surface area contributed by atoms with Gasteiger partial charge in [-0.1, -0.05) is 77.6 Å². The summed E-state index contributed by atoms with van der Waals surface area (Å²) in [6.07, 6.45) is 15.5. The van der Waals surface area contributed by atoms with Crippen molar-refractivity contribution in [2.24, 2.45) is 5.73 Å². The molecule has 0 rings (SSSR count). The van der Waals surface area contributed by atoms with Crippen LogP contribution >= 0.6 is 0 Å². The van der Waals surface area contributed by atoms with E-state index in [2.05, 4.69) is 6.92 Å². The van der Waals surface area contributed by atoms with Crippen LogP contribution in [0, 0.1) is 0 Å². The normalized spacial score (nSPS) is 13.5. The molecule has 0 aliphatic carbocycles. The van der Waals surface area contributed by atoms with E-state index in [1.54, 1.807) is 0 Å². The van der Waals surface area contributed by atoms with Crippen LogP contribution in [0.25, 0.3) is 0 Å². The summed E-state index contributed by atoms with van der Waals surface area (Å²) in [5.41, 5.74) is 5.53. The Hall–Kier alpha value is -0.160. The number of hydrogen-bond donors (Lipinski definition) is 4. The minimum Gasteiger partial charge on any atom is -0.395 e. The van der Waals surface area contributed by atoms with E-state index in [0.717, 1.165) is 19.3 Å². The van der Waals surface area contributed by atoms with E-state index in [0.29, 0.717) is 6.42 Å². The molecule has 0 amide bonds.